The number of aliphatic hydroxyl groups is 2. The molecule has 5 N–H and O–H groups in total. The van der Waals surface area contributed by atoms with E-state index in [1.54, 1.807) is 24.3 Å². The number of carbonyl (C=O) groups is 1. The molecule has 0 fully saturated rings. The number of phenols is 1. The first-order valence-electron chi connectivity index (χ1n) is 7.08. The molecule has 0 saturated heterocycles. The number of pyridine rings is 1. The molecule has 1 aromatic heterocycles. The normalized spacial score (nSPS) is 11.0. The Balaban J connectivity index is 1.94. The molecule has 0 unspecified atom stereocenters. The molecule has 0 saturated carbocycles. The summed E-state index contributed by atoms with van der Waals surface area (Å²) in [5.41, 5.74) is 0.0725. The summed E-state index contributed by atoms with van der Waals surface area (Å²) in [5, 5.41) is 31.1. The predicted octanol–water partition coefficient (Wildman–Crippen LogP) is 1.47. The van der Waals surface area contributed by atoms with Crippen LogP contribution in [-0.4, -0.2) is 26.2 Å². The number of benzene rings is 2. The third kappa shape index (κ3) is 2.98. The molecule has 0 aliphatic heterocycles. The number of phenolic OH excluding ortho intramolecular Hbond substituents is 1. The number of aromatic amines is 1. The van der Waals surface area contributed by atoms with E-state index in [-0.39, 0.29) is 22.6 Å². The van der Waals surface area contributed by atoms with E-state index in [0.29, 0.717) is 10.9 Å². The Morgan fingerprint density at radius 3 is 2.58 bits per heavy atom. The van der Waals surface area contributed by atoms with Crippen LogP contribution in [0.2, 0.25) is 0 Å². The lowest BCUT2D eigenvalue weighted by atomic mass is 10.1. The maximum absolute atomic E-state index is 12.3. The van der Waals surface area contributed by atoms with E-state index < -0.39 is 17.8 Å². The second-order valence-electron chi connectivity index (χ2n) is 5.20. The van der Waals surface area contributed by atoms with Gasteiger partial charge in [0.2, 0.25) is 0 Å². The van der Waals surface area contributed by atoms with E-state index >= 15 is 0 Å². The van der Waals surface area contributed by atoms with Crippen LogP contribution >= 0.6 is 0 Å². The van der Waals surface area contributed by atoms with Gasteiger partial charge in [-0.05, 0) is 35.7 Å². The van der Waals surface area contributed by atoms with E-state index in [2.05, 4.69) is 10.3 Å². The Bertz CT molecular complexity index is 978. The van der Waals surface area contributed by atoms with Crippen LogP contribution in [0.15, 0.2) is 53.3 Å². The second kappa shape index (κ2) is 6.15. The van der Waals surface area contributed by atoms with Crippen molar-refractivity contribution in [3.05, 3.63) is 70.0 Å². The topological polar surface area (TPSA) is 123 Å². The summed E-state index contributed by atoms with van der Waals surface area (Å²) in [6, 6.07) is 12.4. The van der Waals surface area contributed by atoms with E-state index in [4.69, 9.17) is 0 Å². The number of nitrogens with one attached hydrogen (secondary N) is 2. The van der Waals surface area contributed by atoms with E-state index in [0.717, 1.165) is 0 Å². The lowest BCUT2D eigenvalue weighted by molar-refractivity contribution is -0.0438. The van der Waals surface area contributed by atoms with Gasteiger partial charge in [-0.25, -0.2) is 0 Å². The van der Waals surface area contributed by atoms with Gasteiger partial charge in [0.1, 0.15) is 11.3 Å². The van der Waals surface area contributed by atoms with Crippen LogP contribution in [0.5, 0.6) is 5.75 Å². The van der Waals surface area contributed by atoms with Crippen LogP contribution < -0.4 is 10.9 Å². The minimum atomic E-state index is -1.88. The van der Waals surface area contributed by atoms with E-state index in [1.165, 1.54) is 24.3 Å². The van der Waals surface area contributed by atoms with Crippen molar-refractivity contribution in [2.75, 3.05) is 5.32 Å². The van der Waals surface area contributed by atoms with Gasteiger partial charge in [0.25, 0.3) is 11.5 Å². The highest BCUT2D eigenvalue weighted by atomic mass is 16.5. The van der Waals surface area contributed by atoms with Gasteiger partial charge in [-0.2, -0.15) is 0 Å². The molecule has 0 aliphatic carbocycles. The quantitative estimate of drug-likeness (QED) is 0.368. The lowest BCUT2D eigenvalue weighted by Crippen LogP contribution is -2.23. The number of aromatic nitrogens is 1. The molecule has 3 aromatic rings. The molecule has 2 aromatic carbocycles. The number of rotatable bonds is 3. The first-order valence-corrected chi connectivity index (χ1v) is 7.08. The molecule has 1 heterocycles. The zero-order chi connectivity index (χ0) is 17.3. The zero-order valence-electron chi connectivity index (χ0n) is 12.4. The van der Waals surface area contributed by atoms with Gasteiger partial charge >= 0.3 is 0 Å². The molecule has 0 aliphatic rings. The monoisotopic (exact) mass is 326 g/mol. The number of H-pyrrole nitrogens is 1. The fourth-order valence-electron chi connectivity index (χ4n) is 2.35. The largest absolute Gasteiger partial charge is 0.507 e. The number of carbonyl (C=O) groups excluding carboxylic acids is 1. The Morgan fingerprint density at radius 2 is 1.83 bits per heavy atom. The van der Waals surface area contributed by atoms with Crippen LogP contribution in [0.3, 0.4) is 0 Å². The third-order valence-electron chi connectivity index (χ3n) is 3.56. The van der Waals surface area contributed by atoms with Crippen LogP contribution in [-0.2, 0) is 0 Å². The van der Waals surface area contributed by atoms with Crippen molar-refractivity contribution in [1.82, 2.24) is 4.98 Å². The van der Waals surface area contributed by atoms with Crippen LogP contribution in [0.1, 0.15) is 22.2 Å². The summed E-state index contributed by atoms with van der Waals surface area (Å²) in [7, 11) is 0. The molecular formula is C17H14N2O5. The lowest BCUT2D eigenvalue weighted by Gasteiger charge is -2.10. The van der Waals surface area contributed by atoms with E-state index in [9.17, 15) is 24.9 Å². The van der Waals surface area contributed by atoms with Gasteiger partial charge in [-0.3, -0.25) is 9.59 Å². The van der Waals surface area contributed by atoms with Crippen LogP contribution in [0, 0.1) is 0 Å². The predicted molar refractivity (Wildman–Crippen MR) is 87.8 cm³/mol. The number of aromatic hydroxyl groups is 1. The number of aliphatic hydroxyl groups excluding tert-OH is 1. The molecule has 7 heteroatoms. The van der Waals surface area contributed by atoms with Crippen molar-refractivity contribution in [1.29, 1.82) is 0 Å². The number of fused-ring (bicyclic) bond motifs is 1. The van der Waals surface area contributed by atoms with Crippen LogP contribution in [0.25, 0.3) is 10.9 Å². The minimum Gasteiger partial charge on any atom is -0.507 e. The molecule has 7 nitrogen and oxygen atoms in total. The van der Waals surface area contributed by atoms with Crippen molar-refractivity contribution in [3.63, 3.8) is 0 Å². The van der Waals surface area contributed by atoms with Gasteiger partial charge in [0.15, 0.2) is 6.29 Å². The second-order valence-corrected chi connectivity index (χ2v) is 5.20. The molecule has 0 atom stereocenters. The maximum Gasteiger partial charge on any atom is 0.261 e. The third-order valence-corrected chi connectivity index (χ3v) is 3.56. The maximum atomic E-state index is 12.3. The van der Waals surface area contributed by atoms with Gasteiger partial charge in [0.05, 0.1) is 5.56 Å². The number of para-hydroxylation sites is 1. The minimum absolute atomic E-state index is 0.0760. The molecule has 0 bridgehead atoms. The molecule has 24 heavy (non-hydrogen) atoms. The summed E-state index contributed by atoms with van der Waals surface area (Å²) in [6.45, 7) is 0. The SMILES string of the molecule is O=C(Nc1ccc(O)c(C(O)O)c1)c1cc2ccccc2[nH]c1=O. The first-order chi connectivity index (χ1) is 11.5. The zero-order valence-corrected chi connectivity index (χ0v) is 12.4. The Hall–Kier alpha value is -3.16. The highest BCUT2D eigenvalue weighted by molar-refractivity contribution is 6.05. The standard InChI is InChI=1S/C17H14N2O5/c20-14-6-5-10(8-11(14)17(23)24)18-15(21)12-7-9-3-1-2-4-13(9)19-16(12)22/h1-8,17,20,23-24H,(H,18,21)(H,19,22). The summed E-state index contributed by atoms with van der Waals surface area (Å²) in [5.74, 6) is -0.961. The highest BCUT2D eigenvalue weighted by Gasteiger charge is 2.14. The fraction of sp³-hybridized carbons (Fsp3) is 0.0588. The van der Waals surface area contributed by atoms with Gasteiger partial charge in [0, 0.05) is 11.2 Å². The summed E-state index contributed by atoms with van der Waals surface area (Å²) in [6.07, 6.45) is -1.88. The Morgan fingerprint density at radius 1 is 1.08 bits per heavy atom. The summed E-state index contributed by atoms with van der Waals surface area (Å²) in [4.78, 5) is 27.0. The number of hydrogen-bond acceptors (Lipinski definition) is 5. The fourth-order valence-corrected chi connectivity index (χ4v) is 2.35. The highest BCUT2D eigenvalue weighted by Crippen LogP contribution is 2.26. The number of amides is 1. The van der Waals surface area contributed by atoms with Gasteiger partial charge in [-0.1, -0.05) is 18.2 Å². The molecule has 0 spiro atoms. The first kappa shape index (κ1) is 15.7. The van der Waals surface area contributed by atoms with Gasteiger partial charge < -0.3 is 25.6 Å². The molecule has 3 rings (SSSR count). The van der Waals surface area contributed by atoms with Crippen molar-refractivity contribution in [3.8, 4) is 5.75 Å². The van der Waals surface area contributed by atoms with Crippen molar-refractivity contribution in [2.24, 2.45) is 0 Å². The molecule has 0 radical (unpaired) electrons. The smallest absolute Gasteiger partial charge is 0.261 e. The van der Waals surface area contributed by atoms with Crippen LogP contribution in [0.4, 0.5) is 5.69 Å². The van der Waals surface area contributed by atoms with E-state index in [1.807, 2.05) is 0 Å². The van der Waals surface area contributed by atoms with Crippen molar-refractivity contribution in [2.45, 2.75) is 6.29 Å². The van der Waals surface area contributed by atoms with Crippen molar-refractivity contribution >= 4 is 22.5 Å². The Kier molecular flexibility index (Phi) is 4.03. The average molecular weight is 326 g/mol. The summed E-state index contributed by atoms with van der Waals surface area (Å²) >= 11 is 0. The Labute approximate surface area is 135 Å². The molecule has 1 amide bonds. The van der Waals surface area contributed by atoms with Gasteiger partial charge in [-0.15, -0.1) is 0 Å². The number of hydrogen-bond donors (Lipinski definition) is 5. The summed E-state index contributed by atoms with van der Waals surface area (Å²) < 4.78 is 0. The van der Waals surface area contributed by atoms with Crippen molar-refractivity contribution < 1.29 is 20.1 Å². The number of anilines is 1. The molecule has 122 valence electrons. The molecular weight excluding hydrogens is 312 g/mol. The average Bonchev–Trinajstić information content (AvgIpc) is 2.55.